The van der Waals surface area contributed by atoms with Crippen LogP contribution in [0.5, 0.6) is 11.5 Å². The molecule has 0 aliphatic heterocycles. The number of rotatable bonds is 6. The third-order valence-corrected chi connectivity index (χ3v) is 5.07. The van der Waals surface area contributed by atoms with Crippen LogP contribution < -0.4 is 9.47 Å². The number of benzene rings is 3. The van der Waals surface area contributed by atoms with E-state index in [1.165, 1.54) is 6.07 Å². The highest BCUT2D eigenvalue weighted by molar-refractivity contribution is 5.89. The van der Waals surface area contributed by atoms with Gasteiger partial charge in [0, 0.05) is 16.7 Å². The van der Waals surface area contributed by atoms with Crippen LogP contribution in [0.2, 0.25) is 0 Å². The van der Waals surface area contributed by atoms with Crippen LogP contribution in [0.25, 0.3) is 22.3 Å². The molecule has 0 atom stereocenters. The minimum atomic E-state index is -0.503. The zero-order valence-electron chi connectivity index (χ0n) is 19.1. The second-order valence-electron chi connectivity index (χ2n) is 7.99. The minimum Gasteiger partial charge on any atom is -0.423 e. The van der Waals surface area contributed by atoms with Crippen molar-refractivity contribution in [2.45, 2.75) is 27.7 Å². The van der Waals surface area contributed by atoms with Crippen molar-refractivity contribution in [2.24, 2.45) is 0 Å². The molecule has 0 saturated carbocycles. The Hall–Kier alpha value is -3.99. The molecule has 4 nitrogen and oxygen atoms in total. The molecule has 3 aromatic carbocycles. The summed E-state index contributed by atoms with van der Waals surface area (Å²) in [5.74, 6) is -0.526. The van der Waals surface area contributed by atoms with E-state index < -0.39 is 11.9 Å². The van der Waals surface area contributed by atoms with E-state index >= 15 is 4.39 Å². The van der Waals surface area contributed by atoms with Gasteiger partial charge >= 0.3 is 11.9 Å². The van der Waals surface area contributed by atoms with Crippen LogP contribution in [-0.2, 0) is 9.59 Å². The predicted molar refractivity (Wildman–Crippen MR) is 128 cm³/mol. The van der Waals surface area contributed by atoms with Crippen LogP contribution in [-0.4, -0.2) is 11.9 Å². The minimum absolute atomic E-state index is 0.303. The largest absolute Gasteiger partial charge is 0.423 e. The summed E-state index contributed by atoms with van der Waals surface area (Å²) in [4.78, 5) is 23.5. The molecule has 5 heteroatoms. The lowest BCUT2D eigenvalue weighted by molar-refractivity contribution is -0.131. The zero-order chi connectivity index (χ0) is 24.3. The fraction of sp³-hybridized carbons (Fsp3) is 0.143. The molecule has 0 unspecified atom stereocenters. The first kappa shape index (κ1) is 23.7. The average Bonchev–Trinajstić information content (AvgIpc) is 2.76. The molecule has 0 spiro atoms. The van der Waals surface area contributed by atoms with Gasteiger partial charge in [-0.3, -0.25) is 0 Å². The van der Waals surface area contributed by atoms with Gasteiger partial charge in [0.05, 0.1) is 0 Å². The summed E-state index contributed by atoms with van der Waals surface area (Å²) in [6, 6.07) is 15.4. The van der Waals surface area contributed by atoms with E-state index in [9.17, 15) is 9.59 Å². The van der Waals surface area contributed by atoms with Crippen LogP contribution in [0.1, 0.15) is 25.0 Å². The standard InChI is InChI=1S/C28H25FO4/c1-16(2)27(30)32-25-11-8-20(13-18(25)5)21-7-10-23(24(29)15-21)22-9-12-26(19(6)14-22)33-28(31)17(3)4/h7-15H,1,3H2,2,4-6H3. The third kappa shape index (κ3) is 5.44. The van der Waals surface area contributed by atoms with Gasteiger partial charge in [0.1, 0.15) is 17.3 Å². The third-order valence-electron chi connectivity index (χ3n) is 5.07. The van der Waals surface area contributed by atoms with Gasteiger partial charge in [-0.2, -0.15) is 0 Å². The maximum atomic E-state index is 15.0. The Morgan fingerprint density at radius 1 is 0.697 bits per heavy atom. The molecular weight excluding hydrogens is 419 g/mol. The number of aryl methyl sites for hydroxylation is 2. The Kier molecular flexibility index (Phi) is 6.92. The van der Waals surface area contributed by atoms with Gasteiger partial charge in [0.2, 0.25) is 0 Å². The molecule has 0 aliphatic carbocycles. The van der Waals surface area contributed by atoms with Crippen molar-refractivity contribution < 1.29 is 23.5 Å². The van der Waals surface area contributed by atoms with Gasteiger partial charge in [-0.05, 0) is 85.8 Å². The molecule has 3 rings (SSSR count). The van der Waals surface area contributed by atoms with E-state index in [1.54, 1.807) is 57.2 Å². The van der Waals surface area contributed by atoms with Gasteiger partial charge in [-0.1, -0.05) is 37.4 Å². The van der Waals surface area contributed by atoms with Crippen LogP contribution in [0.4, 0.5) is 4.39 Å². The summed E-state index contributed by atoms with van der Waals surface area (Å²) in [7, 11) is 0. The fourth-order valence-electron chi connectivity index (χ4n) is 3.18. The summed E-state index contributed by atoms with van der Waals surface area (Å²) in [5.41, 5.74) is 4.68. The average molecular weight is 445 g/mol. The Bertz CT molecular complexity index is 1290. The second-order valence-corrected chi connectivity index (χ2v) is 7.99. The van der Waals surface area contributed by atoms with Crippen LogP contribution in [0.3, 0.4) is 0 Å². The number of halogens is 1. The van der Waals surface area contributed by atoms with Crippen molar-refractivity contribution in [3.05, 3.63) is 95.8 Å². The molecule has 0 aliphatic rings. The van der Waals surface area contributed by atoms with Gasteiger partial charge in [-0.15, -0.1) is 0 Å². The molecule has 0 amide bonds. The SMILES string of the molecule is C=C(C)C(=O)Oc1ccc(-c2ccc(-c3ccc(OC(=O)C(=C)C)c(C)c3)c(F)c2)cc1C. The first-order valence-electron chi connectivity index (χ1n) is 10.3. The summed E-state index contributed by atoms with van der Waals surface area (Å²) >= 11 is 0. The Balaban J connectivity index is 1.86. The second kappa shape index (κ2) is 9.65. The van der Waals surface area contributed by atoms with Crippen molar-refractivity contribution >= 4 is 11.9 Å². The Labute approximate surface area is 193 Å². The predicted octanol–water partition coefficient (Wildman–Crippen LogP) is 6.74. The number of hydrogen-bond acceptors (Lipinski definition) is 4. The number of carbonyl (C=O) groups is 2. The molecule has 0 bridgehead atoms. The zero-order valence-corrected chi connectivity index (χ0v) is 19.1. The molecule has 33 heavy (non-hydrogen) atoms. The van der Waals surface area contributed by atoms with Gasteiger partial charge in [-0.25, -0.2) is 14.0 Å². The van der Waals surface area contributed by atoms with Crippen molar-refractivity contribution in [1.82, 2.24) is 0 Å². The highest BCUT2D eigenvalue weighted by Crippen LogP contribution is 2.32. The summed E-state index contributed by atoms with van der Waals surface area (Å²) < 4.78 is 25.6. The summed E-state index contributed by atoms with van der Waals surface area (Å²) in [6.07, 6.45) is 0. The molecule has 3 aromatic rings. The lowest BCUT2D eigenvalue weighted by atomic mass is 9.97. The van der Waals surface area contributed by atoms with E-state index in [2.05, 4.69) is 13.2 Å². The molecule has 0 heterocycles. The van der Waals surface area contributed by atoms with E-state index in [4.69, 9.17) is 9.47 Å². The Morgan fingerprint density at radius 3 is 1.58 bits per heavy atom. The highest BCUT2D eigenvalue weighted by atomic mass is 19.1. The fourth-order valence-corrected chi connectivity index (χ4v) is 3.18. The molecule has 0 saturated heterocycles. The highest BCUT2D eigenvalue weighted by Gasteiger charge is 2.13. The lowest BCUT2D eigenvalue weighted by Crippen LogP contribution is -2.09. The molecule has 168 valence electrons. The van der Waals surface area contributed by atoms with Crippen molar-refractivity contribution in [3.63, 3.8) is 0 Å². The van der Waals surface area contributed by atoms with Crippen molar-refractivity contribution in [3.8, 4) is 33.8 Å². The maximum absolute atomic E-state index is 15.0. The molecule has 0 N–H and O–H groups in total. The smallest absolute Gasteiger partial charge is 0.338 e. The van der Waals surface area contributed by atoms with Crippen LogP contribution in [0, 0.1) is 19.7 Å². The van der Waals surface area contributed by atoms with Crippen LogP contribution >= 0.6 is 0 Å². The maximum Gasteiger partial charge on any atom is 0.338 e. The molecule has 0 radical (unpaired) electrons. The monoisotopic (exact) mass is 444 g/mol. The van der Waals surface area contributed by atoms with E-state index in [0.717, 1.165) is 11.1 Å². The Morgan fingerprint density at radius 2 is 1.12 bits per heavy atom. The molecule has 0 fully saturated rings. The first-order valence-corrected chi connectivity index (χ1v) is 10.3. The normalized spacial score (nSPS) is 10.5. The number of carbonyl (C=O) groups excluding carboxylic acids is 2. The van der Waals surface area contributed by atoms with E-state index in [-0.39, 0.29) is 5.82 Å². The van der Waals surface area contributed by atoms with Gasteiger partial charge in [0.25, 0.3) is 0 Å². The molecule has 0 aromatic heterocycles. The lowest BCUT2D eigenvalue weighted by Gasteiger charge is -2.12. The number of ether oxygens (including phenoxy) is 2. The van der Waals surface area contributed by atoms with Crippen molar-refractivity contribution in [1.29, 1.82) is 0 Å². The number of esters is 2. The van der Waals surface area contributed by atoms with Gasteiger partial charge < -0.3 is 9.47 Å². The van der Waals surface area contributed by atoms with Gasteiger partial charge in [0.15, 0.2) is 0 Å². The molecular formula is C28H25FO4. The topological polar surface area (TPSA) is 52.6 Å². The summed E-state index contributed by atoms with van der Waals surface area (Å²) in [6.45, 7) is 13.9. The van der Waals surface area contributed by atoms with Crippen LogP contribution in [0.15, 0.2) is 78.9 Å². The number of hydrogen-bond donors (Lipinski definition) is 0. The first-order chi connectivity index (χ1) is 15.6. The summed E-state index contributed by atoms with van der Waals surface area (Å²) in [5, 5.41) is 0. The van der Waals surface area contributed by atoms with E-state index in [0.29, 0.717) is 44.9 Å². The quantitative estimate of drug-likeness (QED) is 0.240. The van der Waals surface area contributed by atoms with Crippen molar-refractivity contribution in [2.75, 3.05) is 0 Å². The van der Waals surface area contributed by atoms with E-state index in [1.807, 2.05) is 19.1 Å².